The van der Waals surface area contributed by atoms with Crippen molar-refractivity contribution >= 4 is 33.0 Å². The molecule has 136 valence electrons. The molecule has 2 rings (SSSR count). The van der Waals surface area contributed by atoms with Crippen molar-refractivity contribution in [1.82, 2.24) is 0 Å². The normalized spacial score (nSPS) is 11.5. The number of benzene rings is 2. The van der Waals surface area contributed by atoms with E-state index >= 15 is 0 Å². The minimum absolute atomic E-state index is 0.0119. The smallest absolute Gasteiger partial charge is 0.261 e. The Morgan fingerprint density at radius 2 is 1.77 bits per heavy atom. The van der Waals surface area contributed by atoms with E-state index in [9.17, 15) is 17.6 Å². The lowest BCUT2D eigenvalue weighted by atomic mass is 9.94. The van der Waals surface area contributed by atoms with E-state index in [0.717, 1.165) is 0 Å². The highest BCUT2D eigenvalue weighted by Gasteiger charge is 2.27. The maximum Gasteiger partial charge on any atom is 0.261 e. The summed E-state index contributed by atoms with van der Waals surface area (Å²) < 4.78 is 40.1. The highest BCUT2D eigenvalue weighted by Crippen LogP contribution is 2.23. The fourth-order valence-corrected chi connectivity index (χ4v) is 2.98. The van der Waals surface area contributed by atoms with Crippen LogP contribution in [0.25, 0.3) is 4.85 Å². The zero-order valence-corrected chi connectivity index (χ0v) is 15.1. The molecule has 2 N–H and O–H groups in total. The zero-order valence-electron chi connectivity index (χ0n) is 14.3. The van der Waals surface area contributed by atoms with Crippen molar-refractivity contribution in [2.75, 3.05) is 16.7 Å². The van der Waals surface area contributed by atoms with Gasteiger partial charge in [-0.05, 0) is 32.0 Å². The lowest BCUT2D eigenvalue weighted by Gasteiger charge is -2.19. The van der Waals surface area contributed by atoms with Crippen LogP contribution >= 0.6 is 0 Å². The highest BCUT2D eigenvalue weighted by atomic mass is 32.2. The quantitative estimate of drug-likeness (QED) is 0.750. The second kappa shape index (κ2) is 7.54. The third kappa shape index (κ3) is 4.58. The molecule has 0 atom stereocenters. The largest absolute Gasteiger partial charge is 0.325 e. The second-order valence-electron chi connectivity index (χ2n) is 6.26. The van der Waals surface area contributed by atoms with Gasteiger partial charge in [0.1, 0.15) is 6.67 Å². The van der Waals surface area contributed by atoms with Crippen LogP contribution in [0.3, 0.4) is 0 Å². The summed E-state index contributed by atoms with van der Waals surface area (Å²) in [5, 5.41) is 2.57. The molecule has 6 nitrogen and oxygen atoms in total. The molecular weight excluding hydrogens is 357 g/mol. The van der Waals surface area contributed by atoms with Crippen LogP contribution in [0.2, 0.25) is 0 Å². The van der Waals surface area contributed by atoms with Crippen molar-refractivity contribution in [1.29, 1.82) is 0 Å². The van der Waals surface area contributed by atoms with E-state index in [1.165, 1.54) is 50.2 Å². The van der Waals surface area contributed by atoms with Gasteiger partial charge in [-0.2, -0.15) is 0 Å². The summed E-state index contributed by atoms with van der Waals surface area (Å²) in [6.07, 6.45) is 0. The standard InChI is InChI=1S/C18H18FN3O3S/c1-18(2,12-19)17(23)21-14-5-4-6-15(11-14)22-26(24,25)16-9-7-13(20-3)8-10-16/h4-11,22H,12H2,1-2H3,(H,21,23). The van der Waals surface area contributed by atoms with Crippen LogP contribution in [-0.2, 0) is 14.8 Å². The van der Waals surface area contributed by atoms with Crippen molar-refractivity contribution in [3.63, 3.8) is 0 Å². The Labute approximate surface area is 151 Å². The van der Waals surface area contributed by atoms with Crippen LogP contribution in [0, 0.1) is 12.0 Å². The number of alkyl halides is 1. The van der Waals surface area contributed by atoms with Gasteiger partial charge in [-0.25, -0.2) is 17.7 Å². The van der Waals surface area contributed by atoms with E-state index in [4.69, 9.17) is 6.57 Å². The number of nitrogens with zero attached hydrogens (tertiary/aromatic N) is 1. The number of carbonyl (C=O) groups excluding carboxylic acids is 1. The summed E-state index contributed by atoms with van der Waals surface area (Å²) in [4.78, 5) is 15.3. The molecule has 0 spiro atoms. The molecule has 8 heteroatoms. The SMILES string of the molecule is [C-]#[N+]c1ccc(S(=O)(=O)Nc2cccc(NC(=O)C(C)(C)CF)c2)cc1. The van der Waals surface area contributed by atoms with Crippen molar-refractivity contribution in [2.45, 2.75) is 18.7 Å². The summed E-state index contributed by atoms with van der Waals surface area (Å²) in [6.45, 7) is 9.02. The molecule has 0 saturated heterocycles. The molecule has 0 radical (unpaired) electrons. The molecule has 1 amide bonds. The van der Waals surface area contributed by atoms with Gasteiger partial charge in [-0.15, -0.1) is 0 Å². The Kier molecular flexibility index (Phi) is 5.63. The first-order valence-electron chi connectivity index (χ1n) is 7.66. The third-order valence-electron chi connectivity index (χ3n) is 3.60. The molecule has 0 aliphatic rings. The predicted molar refractivity (Wildman–Crippen MR) is 98.3 cm³/mol. The fourth-order valence-electron chi connectivity index (χ4n) is 1.94. The van der Waals surface area contributed by atoms with Gasteiger partial charge in [0.25, 0.3) is 10.0 Å². The van der Waals surface area contributed by atoms with E-state index < -0.39 is 28.0 Å². The summed E-state index contributed by atoms with van der Waals surface area (Å²) in [5.74, 6) is -0.505. The van der Waals surface area contributed by atoms with E-state index in [1.54, 1.807) is 12.1 Å². The summed E-state index contributed by atoms with van der Waals surface area (Å²) in [7, 11) is -3.84. The summed E-state index contributed by atoms with van der Waals surface area (Å²) in [5.41, 5.74) is -0.250. The minimum atomic E-state index is -3.84. The average molecular weight is 375 g/mol. The molecule has 2 aromatic rings. The maximum atomic E-state index is 12.9. The molecular formula is C18H18FN3O3S. The summed E-state index contributed by atoms with van der Waals surface area (Å²) >= 11 is 0. The average Bonchev–Trinajstić information content (AvgIpc) is 2.61. The molecule has 0 aromatic heterocycles. The number of nitrogens with one attached hydrogen (secondary N) is 2. The van der Waals surface area contributed by atoms with E-state index in [-0.39, 0.29) is 10.6 Å². The molecule has 0 fully saturated rings. The number of sulfonamides is 1. The molecule has 0 unspecified atom stereocenters. The summed E-state index contributed by atoms with van der Waals surface area (Å²) in [6, 6.07) is 11.6. The Morgan fingerprint density at radius 3 is 2.35 bits per heavy atom. The van der Waals surface area contributed by atoms with Crippen LogP contribution in [0.5, 0.6) is 0 Å². The van der Waals surface area contributed by atoms with Crippen molar-refractivity contribution in [2.24, 2.45) is 5.41 Å². The van der Waals surface area contributed by atoms with E-state index in [1.807, 2.05) is 0 Å². The Bertz CT molecular complexity index is 948. The van der Waals surface area contributed by atoms with Crippen LogP contribution in [0.15, 0.2) is 53.4 Å². The monoisotopic (exact) mass is 375 g/mol. The van der Waals surface area contributed by atoms with Gasteiger partial charge in [-0.1, -0.05) is 30.3 Å². The molecule has 0 heterocycles. The maximum absolute atomic E-state index is 12.9. The van der Waals surface area contributed by atoms with E-state index in [2.05, 4.69) is 14.9 Å². The first-order chi connectivity index (χ1) is 12.2. The van der Waals surface area contributed by atoms with E-state index in [0.29, 0.717) is 11.4 Å². The van der Waals surface area contributed by atoms with Crippen LogP contribution in [0.4, 0.5) is 21.5 Å². The first-order valence-corrected chi connectivity index (χ1v) is 9.14. The highest BCUT2D eigenvalue weighted by molar-refractivity contribution is 7.92. The Balaban J connectivity index is 2.19. The first kappa shape index (κ1) is 19.4. The number of rotatable bonds is 6. The molecule has 26 heavy (non-hydrogen) atoms. The molecule has 2 aromatic carbocycles. The second-order valence-corrected chi connectivity index (χ2v) is 7.95. The topological polar surface area (TPSA) is 79.6 Å². The lowest BCUT2D eigenvalue weighted by Crippen LogP contribution is -2.32. The predicted octanol–water partition coefficient (Wildman–Crippen LogP) is 3.97. The number of hydrogen-bond donors (Lipinski definition) is 2. The van der Waals surface area contributed by atoms with Gasteiger partial charge in [-0.3, -0.25) is 9.52 Å². The Morgan fingerprint density at radius 1 is 1.15 bits per heavy atom. The van der Waals surface area contributed by atoms with Gasteiger partial charge in [0.2, 0.25) is 5.91 Å². The number of hydrogen-bond acceptors (Lipinski definition) is 3. The number of halogens is 1. The number of carbonyl (C=O) groups is 1. The van der Waals surface area contributed by atoms with Crippen LogP contribution < -0.4 is 10.0 Å². The fraction of sp³-hybridized carbons (Fsp3) is 0.222. The van der Waals surface area contributed by atoms with Crippen molar-refractivity contribution in [3.05, 3.63) is 59.9 Å². The van der Waals surface area contributed by atoms with Gasteiger partial charge >= 0.3 is 0 Å². The minimum Gasteiger partial charge on any atom is -0.325 e. The van der Waals surface area contributed by atoms with Gasteiger partial charge in [0.05, 0.1) is 22.6 Å². The van der Waals surface area contributed by atoms with Gasteiger partial charge in [0.15, 0.2) is 5.69 Å². The molecule has 0 aliphatic heterocycles. The Hall–Kier alpha value is -2.92. The number of anilines is 2. The van der Waals surface area contributed by atoms with Gasteiger partial charge < -0.3 is 5.32 Å². The molecule has 0 saturated carbocycles. The third-order valence-corrected chi connectivity index (χ3v) is 4.99. The molecule has 0 aliphatic carbocycles. The number of amides is 1. The van der Waals surface area contributed by atoms with Crippen LogP contribution in [0.1, 0.15) is 13.8 Å². The molecule has 0 bridgehead atoms. The van der Waals surface area contributed by atoms with Gasteiger partial charge in [0, 0.05) is 5.69 Å². The van der Waals surface area contributed by atoms with Crippen molar-refractivity contribution in [3.8, 4) is 0 Å². The zero-order chi connectivity index (χ0) is 19.4. The van der Waals surface area contributed by atoms with Crippen molar-refractivity contribution < 1.29 is 17.6 Å². The lowest BCUT2D eigenvalue weighted by molar-refractivity contribution is -0.124. The van der Waals surface area contributed by atoms with Crippen LogP contribution in [-0.4, -0.2) is 21.0 Å².